The summed E-state index contributed by atoms with van der Waals surface area (Å²) in [6.07, 6.45) is 0.739. The fourth-order valence-corrected chi connectivity index (χ4v) is 2.04. The summed E-state index contributed by atoms with van der Waals surface area (Å²) >= 11 is 0. The van der Waals surface area contributed by atoms with Gasteiger partial charge in [-0.3, -0.25) is 9.69 Å². The van der Waals surface area contributed by atoms with Gasteiger partial charge in [-0.05, 0) is 0 Å². The van der Waals surface area contributed by atoms with Gasteiger partial charge in [-0.1, -0.05) is 6.92 Å². The SMILES string of the molecule is CCc1nc(NCCN2CCNCC2)cc(=O)[nH]1. The third-order valence-corrected chi connectivity index (χ3v) is 3.07. The molecule has 18 heavy (non-hydrogen) atoms. The topological polar surface area (TPSA) is 73.1 Å². The maximum atomic E-state index is 11.4. The van der Waals surface area contributed by atoms with Crippen molar-refractivity contribution in [2.45, 2.75) is 13.3 Å². The van der Waals surface area contributed by atoms with Crippen molar-refractivity contribution in [3.05, 3.63) is 22.2 Å². The summed E-state index contributed by atoms with van der Waals surface area (Å²) in [7, 11) is 0. The van der Waals surface area contributed by atoms with Crippen molar-refractivity contribution in [3.63, 3.8) is 0 Å². The molecule has 0 amide bonds. The maximum Gasteiger partial charge on any atom is 0.252 e. The number of nitrogens with zero attached hydrogens (tertiary/aromatic N) is 2. The predicted molar refractivity (Wildman–Crippen MR) is 72.0 cm³/mol. The molecule has 1 fully saturated rings. The van der Waals surface area contributed by atoms with Gasteiger partial charge in [0.1, 0.15) is 11.6 Å². The van der Waals surface area contributed by atoms with E-state index in [1.54, 1.807) is 0 Å². The Hall–Kier alpha value is -1.40. The van der Waals surface area contributed by atoms with Crippen LogP contribution in [0, 0.1) is 0 Å². The van der Waals surface area contributed by atoms with Crippen LogP contribution in [0.15, 0.2) is 10.9 Å². The van der Waals surface area contributed by atoms with Gasteiger partial charge in [0.2, 0.25) is 0 Å². The van der Waals surface area contributed by atoms with Crippen LogP contribution in [0.5, 0.6) is 0 Å². The quantitative estimate of drug-likeness (QED) is 0.667. The number of anilines is 1. The highest BCUT2D eigenvalue weighted by Crippen LogP contribution is 1.99. The Bertz CT molecular complexity index is 425. The average Bonchev–Trinajstić information content (AvgIpc) is 2.39. The highest BCUT2D eigenvalue weighted by Gasteiger charge is 2.08. The number of aryl methyl sites for hydroxylation is 1. The van der Waals surface area contributed by atoms with E-state index in [0.717, 1.165) is 51.5 Å². The van der Waals surface area contributed by atoms with Crippen molar-refractivity contribution in [1.82, 2.24) is 20.2 Å². The minimum atomic E-state index is -0.0912. The molecule has 1 aromatic rings. The summed E-state index contributed by atoms with van der Waals surface area (Å²) in [6, 6.07) is 1.51. The number of aromatic amines is 1. The molecule has 0 bridgehead atoms. The standard InChI is InChI=1S/C12H21N5O/c1-2-10-15-11(9-12(18)16-10)14-5-8-17-6-3-13-4-7-17/h9,13H,2-8H2,1H3,(H2,14,15,16,18). The number of H-pyrrole nitrogens is 1. The number of piperazine rings is 1. The molecule has 6 heteroatoms. The second kappa shape index (κ2) is 6.51. The third-order valence-electron chi connectivity index (χ3n) is 3.07. The van der Waals surface area contributed by atoms with E-state index in [-0.39, 0.29) is 5.56 Å². The maximum absolute atomic E-state index is 11.4. The van der Waals surface area contributed by atoms with Gasteiger partial charge >= 0.3 is 0 Å². The van der Waals surface area contributed by atoms with Crippen LogP contribution in [0.25, 0.3) is 0 Å². The first-order chi connectivity index (χ1) is 8.78. The summed E-state index contributed by atoms with van der Waals surface area (Å²) in [5.74, 6) is 1.40. The molecule has 0 radical (unpaired) electrons. The van der Waals surface area contributed by atoms with E-state index in [1.165, 1.54) is 6.07 Å². The third kappa shape index (κ3) is 3.82. The van der Waals surface area contributed by atoms with Crippen molar-refractivity contribution in [1.29, 1.82) is 0 Å². The molecular formula is C12H21N5O. The minimum absolute atomic E-state index is 0.0912. The second-order valence-electron chi connectivity index (χ2n) is 4.45. The Balaban J connectivity index is 1.82. The van der Waals surface area contributed by atoms with Crippen LogP contribution in [0.3, 0.4) is 0 Å². The summed E-state index contributed by atoms with van der Waals surface area (Å²) in [4.78, 5) is 20.8. The van der Waals surface area contributed by atoms with Crippen LogP contribution in [-0.4, -0.2) is 54.1 Å². The number of aromatic nitrogens is 2. The Kier molecular flexibility index (Phi) is 4.72. The van der Waals surface area contributed by atoms with Gasteiger partial charge in [0.15, 0.2) is 0 Å². The highest BCUT2D eigenvalue weighted by atomic mass is 16.1. The first kappa shape index (κ1) is 13.0. The zero-order valence-corrected chi connectivity index (χ0v) is 10.8. The molecule has 100 valence electrons. The monoisotopic (exact) mass is 251 g/mol. The molecule has 0 unspecified atom stereocenters. The molecule has 2 heterocycles. The summed E-state index contributed by atoms with van der Waals surface area (Å²) in [5.41, 5.74) is -0.0912. The number of hydrogen-bond acceptors (Lipinski definition) is 5. The van der Waals surface area contributed by atoms with E-state index in [9.17, 15) is 4.79 Å². The Labute approximate surface area is 107 Å². The van der Waals surface area contributed by atoms with E-state index in [0.29, 0.717) is 5.82 Å². The normalized spacial score (nSPS) is 16.7. The lowest BCUT2D eigenvalue weighted by molar-refractivity contribution is 0.249. The second-order valence-corrected chi connectivity index (χ2v) is 4.45. The summed E-state index contributed by atoms with van der Waals surface area (Å²) in [5, 5.41) is 6.54. The fraction of sp³-hybridized carbons (Fsp3) is 0.667. The predicted octanol–water partition coefficient (Wildman–Crippen LogP) is -0.351. The van der Waals surface area contributed by atoms with Crippen LogP contribution in [-0.2, 0) is 6.42 Å². The van der Waals surface area contributed by atoms with Crippen LogP contribution in [0.1, 0.15) is 12.7 Å². The van der Waals surface area contributed by atoms with Crippen LogP contribution in [0.2, 0.25) is 0 Å². The van der Waals surface area contributed by atoms with Gasteiger partial charge in [0, 0.05) is 51.8 Å². The lowest BCUT2D eigenvalue weighted by atomic mass is 10.3. The van der Waals surface area contributed by atoms with E-state index in [1.807, 2.05) is 6.92 Å². The lowest BCUT2D eigenvalue weighted by Gasteiger charge is -2.27. The molecule has 2 rings (SSSR count). The largest absolute Gasteiger partial charge is 0.369 e. The molecule has 0 aliphatic carbocycles. The lowest BCUT2D eigenvalue weighted by Crippen LogP contribution is -2.45. The van der Waals surface area contributed by atoms with Gasteiger partial charge in [-0.15, -0.1) is 0 Å². The van der Waals surface area contributed by atoms with Crippen molar-refractivity contribution in [3.8, 4) is 0 Å². The molecule has 0 atom stereocenters. The molecule has 0 spiro atoms. The first-order valence-corrected chi connectivity index (χ1v) is 6.55. The molecule has 0 aromatic carbocycles. The Morgan fingerprint density at radius 3 is 2.94 bits per heavy atom. The molecule has 1 aliphatic heterocycles. The van der Waals surface area contributed by atoms with Gasteiger partial charge in [0.05, 0.1) is 0 Å². The van der Waals surface area contributed by atoms with E-state index in [2.05, 4.69) is 25.5 Å². The first-order valence-electron chi connectivity index (χ1n) is 6.55. The van der Waals surface area contributed by atoms with Crippen LogP contribution in [0.4, 0.5) is 5.82 Å². The highest BCUT2D eigenvalue weighted by molar-refractivity contribution is 5.32. The molecule has 1 aliphatic rings. The smallest absolute Gasteiger partial charge is 0.252 e. The zero-order valence-electron chi connectivity index (χ0n) is 10.8. The molecule has 6 nitrogen and oxygen atoms in total. The number of hydrogen-bond donors (Lipinski definition) is 3. The molecule has 0 saturated carbocycles. The molecular weight excluding hydrogens is 230 g/mol. The van der Waals surface area contributed by atoms with E-state index >= 15 is 0 Å². The summed E-state index contributed by atoms with van der Waals surface area (Å²) in [6.45, 7) is 8.07. The van der Waals surface area contributed by atoms with Gasteiger partial charge in [-0.25, -0.2) is 4.98 Å². The van der Waals surface area contributed by atoms with Crippen molar-refractivity contribution >= 4 is 5.82 Å². The van der Waals surface area contributed by atoms with Crippen molar-refractivity contribution < 1.29 is 0 Å². The van der Waals surface area contributed by atoms with Crippen LogP contribution >= 0.6 is 0 Å². The van der Waals surface area contributed by atoms with Gasteiger partial charge in [-0.2, -0.15) is 0 Å². The van der Waals surface area contributed by atoms with E-state index < -0.39 is 0 Å². The summed E-state index contributed by atoms with van der Waals surface area (Å²) < 4.78 is 0. The van der Waals surface area contributed by atoms with Gasteiger partial charge < -0.3 is 15.6 Å². The number of rotatable bonds is 5. The van der Waals surface area contributed by atoms with Crippen molar-refractivity contribution in [2.24, 2.45) is 0 Å². The average molecular weight is 251 g/mol. The number of nitrogens with one attached hydrogen (secondary N) is 3. The Morgan fingerprint density at radius 1 is 1.44 bits per heavy atom. The zero-order chi connectivity index (χ0) is 12.8. The fourth-order valence-electron chi connectivity index (χ4n) is 2.04. The molecule has 3 N–H and O–H groups in total. The Morgan fingerprint density at radius 2 is 2.22 bits per heavy atom. The van der Waals surface area contributed by atoms with Crippen LogP contribution < -0.4 is 16.2 Å². The van der Waals surface area contributed by atoms with E-state index in [4.69, 9.17) is 0 Å². The molecule has 1 aromatic heterocycles. The van der Waals surface area contributed by atoms with Crippen molar-refractivity contribution in [2.75, 3.05) is 44.6 Å². The minimum Gasteiger partial charge on any atom is -0.369 e. The van der Waals surface area contributed by atoms with Gasteiger partial charge in [0.25, 0.3) is 5.56 Å². The molecule has 1 saturated heterocycles.